The van der Waals surface area contributed by atoms with Crippen molar-refractivity contribution in [1.82, 2.24) is 25.9 Å². The summed E-state index contributed by atoms with van der Waals surface area (Å²) in [6.45, 7) is -0.129. The Bertz CT molecular complexity index is 800. The summed E-state index contributed by atoms with van der Waals surface area (Å²) in [4.78, 5) is 65.5. The molecule has 33 heavy (non-hydrogen) atoms. The van der Waals surface area contributed by atoms with Gasteiger partial charge >= 0.3 is 11.9 Å². The van der Waals surface area contributed by atoms with Gasteiger partial charge in [-0.1, -0.05) is 0 Å². The van der Waals surface area contributed by atoms with Gasteiger partial charge in [-0.25, -0.2) is 9.78 Å². The zero-order chi connectivity index (χ0) is 24.8. The van der Waals surface area contributed by atoms with E-state index >= 15 is 0 Å². The lowest BCUT2D eigenvalue weighted by molar-refractivity contribution is -0.141. The van der Waals surface area contributed by atoms with Gasteiger partial charge in [0.2, 0.25) is 17.7 Å². The van der Waals surface area contributed by atoms with Crippen LogP contribution in [0.25, 0.3) is 0 Å². The molecule has 14 heteroatoms. The quantitative estimate of drug-likeness (QED) is 0.118. The minimum absolute atomic E-state index is 0.0268. The van der Waals surface area contributed by atoms with Crippen LogP contribution in [-0.2, 0) is 30.4 Å². The molecule has 3 amide bonds. The first-order valence-electron chi connectivity index (χ1n) is 10.4. The number of nitrogens with zero attached hydrogens (tertiary/aromatic N) is 1. The Kier molecular flexibility index (Phi) is 12.1. The normalized spacial score (nSPS) is 13.4. The number of hydrogen-bond acceptors (Lipinski definition) is 8. The number of unbranched alkanes of at least 4 members (excludes halogenated alkanes) is 1. The van der Waals surface area contributed by atoms with Gasteiger partial charge in [-0.05, 0) is 32.2 Å². The van der Waals surface area contributed by atoms with Crippen LogP contribution in [0, 0.1) is 0 Å². The molecule has 0 fully saturated rings. The van der Waals surface area contributed by atoms with Crippen molar-refractivity contribution in [3.63, 3.8) is 0 Å². The maximum atomic E-state index is 12.5. The van der Waals surface area contributed by atoms with E-state index in [-0.39, 0.29) is 25.7 Å². The van der Waals surface area contributed by atoms with Gasteiger partial charge in [-0.3, -0.25) is 19.2 Å². The predicted octanol–water partition coefficient (Wildman–Crippen LogP) is -2.56. The van der Waals surface area contributed by atoms with Crippen LogP contribution < -0.4 is 27.4 Å². The van der Waals surface area contributed by atoms with E-state index in [1.54, 1.807) is 0 Å². The summed E-state index contributed by atoms with van der Waals surface area (Å²) in [5.41, 5.74) is 11.6. The van der Waals surface area contributed by atoms with Crippen molar-refractivity contribution in [2.75, 3.05) is 13.1 Å². The zero-order valence-corrected chi connectivity index (χ0v) is 18.1. The number of imidazole rings is 1. The van der Waals surface area contributed by atoms with Gasteiger partial charge in [0.25, 0.3) is 0 Å². The molecule has 0 radical (unpaired) electrons. The highest BCUT2D eigenvalue weighted by atomic mass is 16.4. The first-order chi connectivity index (χ1) is 15.6. The summed E-state index contributed by atoms with van der Waals surface area (Å²) in [5, 5.41) is 25.1. The number of aromatic amines is 1. The number of aliphatic carboxylic acids is 2. The van der Waals surface area contributed by atoms with Crippen LogP contribution in [0.1, 0.15) is 37.8 Å². The molecule has 0 aliphatic carbocycles. The van der Waals surface area contributed by atoms with Crippen molar-refractivity contribution in [3.05, 3.63) is 18.2 Å². The van der Waals surface area contributed by atoms with Crippen LogP contribution >= 0.6 is 0 Å². The molecular weight excluding hydrogens is 438 g/mol. The number of amides is 3. The Labute approximate surface area is 189 Å². The highest BCUT2D eigenvalue weighted by molar-refractivity contribution is 5.92. The monoisotopic (exact) mass is 469 g/mol. The van der Waals surface area contributed by atoms with Gasteiger partial charge in [0.1, 0.15) is 12.1 Å². The van der Waals surface area contributed by atoms with Crippen molar-refractivity contribution in [2.24, 2.45) is 11.5 Å². The average molecular weight is 469 g/mol. The summed E-state index contributed by atoms with van der Waals surface area (Å²) in [6.07, 6.45) is 3.70. The van der Waals surface area contributed by atoms with Crippen LogP contribution in [0.5, 0.6) is 0 Å². The van der Waals surface area contributed by atoms with Crippen LogP contribution in [0.4, 0.5) is 0 Å². The summed E-state index contributed by atoms with van der Waals surface area (Å²) in [7, 11) is 0. The summed E-state index contributed by atoms with van der Waals surface area (Å²) >= 11 is 0. The molecule has 3 unspecified atom stereocenters. The van der Waals surface area contributed by atoms with E-state index in [1.165, 1.54) is 12.5 Å². The molecule has 0 saturated carbocycles. The number of rotatable bonds is 16. The van der Waals surface area contributed by atoms with E-state index in [4.69, 9.17) is 16.6 Å². The Morgan fingerprint density at radius 3 is 2.33 bits per heavy atom. The van der Waals surface area contributed by atoms with E-state index in [1.807, 2.05) is 0 Å². The lowest BCUT2D eigenvalue weighted by Gasteiger charge is -2.21. The SMILES string of the molecule is NCCCCC(NC(=O)C(N)CCC(=O)O)C(=O)NCC(=O)NC(Cc1cnc[nH]1)C(=O)O. The predicted molar refractivity (Wildman–Crippen MR) is 115 cm³/mol. The molecule has 1 aromatic rings. The number of carboxylic acids is 2. The number of carbonyl (C=O) groups is 5. The number of hydrogen-bond donors (Lipinski definition) is 8. The molecule has 0 spiro atoms. The van der Waals surface area contributed by atoms with Crippen molar-refractivity contribution in [2.45, 2.75) is 56.7 Å². The van der Waals surface area contributed by atoms with Gasteiger partial charge in [0.15, 0.2) is 0 Å². The van der Waals surface area contributed by atoms with Crippen LogP contribution in [-0.4, -0.2) is 81.1 Å². The summed E-state index contributed by atoms with van der Waals surface area (Å²) in [6, 6.07) is -3.37. The summed E-state index contributed by atoms with van der Waals surface area (Å²) < 4.78 is 0. The lowest BCUT2D eigenvalue weighted by atomic mass is 10.1. The minimum Gasteiger partial charge on any atom is -0.481 e. The fourth-order valence-electron chi connectivity index (χ4n) is 2.80. The molecule has 0 saturated heterocycles. The summed E-state index contributed by atoms with van der Waals surface area (Å²) in [5.74, 6) is -4.46. The van der Waals surface area contributed by atoms with Crippen molar-refractivity contribution < 1.29 is 34.2 Å². The molecule has 14 nitrogen and oxygen atoms in total. The number of nitrogens with two attached hydrogens (primary N) is 2. The van der Waals surface area contributed by atoms with E-state index in [0.717, 1.165) is 0 Å². The fraction of sp³-hybridized carbons (Fsp3) is 0.579. The average Bonchev–Trinajstić information content (AvgIpc) is 3.27. The molecule has 0 aromatic carbocycles. The first kappa shape index (κ1) is 27.5. The number of H-pyrrole nitrogens is 1. The Morgan fingerprint density at radius 1 is 1.03 bits per heavy atom. The molecule has 0 bridgehead atoms. The third-order valence-electron chi connectivity index (χ3n) is 4.62. The second-order valence-electron chi connectivity index (χ2n) is 7.34. The van der Waals surface area contributed by atoms with E-state index in [2.05, 4.69) is 25.9 Å². The number of aromatic nitrogens is 2. The Morgan fingerprint density at radius 2 is 1.76 bits per heavy atom. The van der Waals surface area contributed by atoms with Crippen LogP contribution in [0.3, 0.4) is 0 Å². The molecule has 1 rings (SSSR count). The fourth-order valence-corrected chi connectivity index (χ4v) is 2.80. The van der Waals surface area contributed by atoms with Gasteiger partial charge in [0, 0.05) is 24.7 Å². The van der Waals surface area contributed by atoms with E-state index < -0.39 is 54.3 Å². The molecule has 10 N–H and O–H groups in total. The number of nitrogens with one attached hydrogen (secondary N) is 4. The minimum atomic E-state index is -1.26. The van der Waals surface area contributed by atoms with Gasteiger partial charge in [-0.2, -0.15) is 0 Å². The lowest BCUT2D eigenvalue weighted by Crippen LogP contribution is -2.53. The molecule has 0 aliphatic rings. The number of carbonyl (C=O) groups excluding carboxylic acids is 3. The highest BCUT2D eigenvalue weighted by Gasteiger charge is 2.25. The maximum absolute atomic E-state index is 12.5. The largest absolute Gasteiger partial charge is 0.481 e. The highest BCUT2D eigenvalue weighted by Crippen LogP contribution is 2.03. The standard InChI is InChI=1S/C19H31N7O7/c20-6-2-1-3-13(26-17(30)12(21)4-5-16(28)29)18(31)23-9-15(27)25-14(19(32)33)7-11-8-22-10-24-11/h8,10,12-14H,1-7,9,20-21H2,(H,22,24)(H,23,31)(H,25,27)(H,26,30)(H,28,29)(H,32,33). The topological polar surface area (TPSA) is 243 Å². The second-order valence-corrected chi connectivity index (χ2v) is 7.34. The molecule has 0 aliphatic heterocycles. The third kappa shape index (κ3) is 11.1. The van der Waals surface area contributed by atoms with Crippen molar-refractivity contribution in [3.8, 4) is 0 Å². The molecule has 184 valence electrons. The molecule has 3 atom stereocenters. The maximum Gasteiger partial charge on any atom is 0.326 e. The second kappa shape index (κ2) is 14.5. The Balaban J connectivity index is 2.63. The first-order valence-corrected chi connectivity index (χ1v) is 10.4. The van der Waals surface area contributed by atoms with Gasteiger partial charge < -0.3 is 42.6 Å². The van der Waals surface area contributed by atoms with E-state index in [0.29, 0.717) is 25.1 Å². The van der Waals surface area contributed by atoms with Crippen molar-refractivity contribution in [1.29, 1.82) is 0 Å². The molecule has 1 heterocycles. The van der Waals surface area contributed by atoms with Gasteiger partial charge in [0.05, 0.1) is 18.9 Å². The Hall–Kier alpha value is -3.52. The van der Waals surface area contributed by atoms with Gasteiger partial charge in [-0.15, -0.1) is 0 Å². The third-order valence-corrected chi connectivity index (χ3v) is 4.62. The van der Waals surface area contributed by atoms with Crippen LogP contribution in [0.15, 0.2) is 12.5 Å². The molecule has 1 aromatic heterocycles. The van der Waals surface area contributed by atoms with Crippen LogP contribution in [0.2, 0.25) is 0 Å². The molecular formula is C19H31N7O7. The number of carboxylic acid groups (broad SMARTS) is 2. The zero-order valence-electron chi connectivity index (χ0n) is 18.1. The smallest absolute Gasteiger partial charge is 0.326 e. The van der Waals surface area contributed by atoms with E-state index in [9.17, 15) is 29.1 Å². The van der Waals surface area contributed by atoms with Crippen molar-refractivity contribution >= 4 is 29.7 Å².